The molecule has 3 amide bonds. The maximum absolute atomic E-state index is 12.3. The number of carbonyl (C=O) groups is 2. The number of methoxy groups -OCH3 is 1. The van der Waals surface area contributed by atoms with Gasteiger partial charge < -0.3 is 10.1 Å². The average Bonchev–Trinajstić information content (AvgIpc) is 2.48. The summed E-state index contributed by atoms with van der Waals surface area (Å²) in [6, 6.07) is 15.4. The van der Waals surface area contributed by atoms with E-state index in [9.17, 15) is 9.59 Å². The molecule has 0 aromatic heterocycles. The van der Waals surface area contributed by atoms with Crippen LogP contribution in [-0.4, -0.2) is 19.2 Å². The summed E-state index contributed by atoms with van der Waals surface area (Å²) in [5.74, 6) is 0. The number of hydrogen-bond acceptors (Lipinski definition) is 3. The summed E-state index contributed by atoms with van der Waals surface area (Å²) in [6.45, 7) is 1.92. The summed E-state index contributed by atoms with van der Waals surface area (Å²) >= 11 is 0. The van der Waals surface area contributed by atoms with Crippen LogP contribution in [0.2, 0.25) is 0 Å². The van der Waals surface area contributed by atoms with Crippen molar-refractivity contribution in [2.24, 2.45) is 0 Å². The fourth-order valence-corrected chi connectivity index (χ4v) is 1.88. The van der Waals surface area contributed by atoms with Crippen LogP contribution in [0.4, 0.5) is 21.0 Å². The summed E-state index contributed by atoms with van der Waals surface area (Å²) in [5, 5.41) is 2.68. The lowest BCUT2D eigenvalue weighted by Crippen LogP contribution is -2.40. The summed E-state index contributed by atoms with van der Waals surface area (Å²) in [6.07, 6.45) is -0.744. The van der Waals surface area contributed by atoms with Crippen LogP contribution in [0, 0.1) is 6.92 Å². The highest BCUT2D eigenvalue weighted by atomic mass is 16.5. The van der Waals surface area contributed by atoms with Gasteiger partial charge in [0.1, 0.15) is 0 Å². The number of anilines is 2. The number of para-hydroxylation sites is 1. The highest BCUT2D eigenvalue weighted by Crippen LogP contribution is 2.17. The molecule has 0 atom stereocenters. The highest BCUT2D eigenvalue weighted by Gasteiger charge is 2.24. The second-order valence-electron chi connectivity index (χ2n) is 4.44. The number of carbonyl (C=O) groups excluding carboxylic acids is 2. The van der Waals surface area contributed by atoms with E-state index in [1.54, 1.807) is 36.4 Å². The van der Waals surface area contributed by atoms with E-state index in [1.165, 1.54) is 7.11 Å². The fourth-order valence-electron chi connectivity index (χ4n) is 1.88. The molecule has 2 aromatic rings. The number of aryl methyl sites for hydroxylation is 1. The van der Waals surface area contributed by atoms with E-state index in [-0.39, 0.29) is 0 Å². The van der Waals surface area contributed by atoms with E-state index in [2.05, 4.69) is 10.1 Å². The van der Waals surface area contributed by atoms with Crippen LogP contribution in [0.15, 0.2) is 54.6 Å². The van der Waals surface area contributed by atoms with Gasteiger partial charge in [-0.15, -0.1) is 0 Å². The lowest BCUT2D eigenvalue weighted by molar-refractivity contribution is 0.179. The number of rotatable bonds is 2. The number of amides is 3. The molecule has 0 fully saturated rings. The van der Waals surface area contributed by atoms with Crippen molar-refractivity contribution in [2.45, 2.75) is 6.92 Å². The highest BCUT2D eigenvalue weighted by molar-refractivity contribution is 6.16. The van der Waals surface area contributed by atoms with Gasteiger partial charge in [0.2, 0.25) is 0 Å². The molecular formula is C16H16N2O3. The van der Waals surface area contributed by atoms with E-state index >= 15 is 0 Å². The minimum Gasteiger partial charge on any atom is -0.452 e. The lowest BCUT2D eigenvalue weighted by atomic mass is 10.2. The molecule has 0 saturated carbocycles. The number of imide groups is 1. The first-order valence-electron chi connectivity index (χ1n) is 6.42. The average molecular weight is 284 g/mol. The quantitative estimate of drug-likeness (QED) is 0.912. The molecule has 0 aliphatic carbocycles. The van der Waals surface area contributed by atoms with Crippen LogP contribution in [0.3, 0.4) is 0 Å². The molecule has 0 aliphatic rings. The maximum Gasteiger partial charge on any atom is 0.422 e. The van der Waals surface area contributed by atoms with Crippen LogP contribution < -0.4 is 10.2 Å². The van der Waals surface area contributed by atoms with Gasteiger partial charge in [-0.25, -0.2) is 9.59 Å². The van der Waals surface area contributed by atoms with Crippen LogP contribution in [0.5, 0.6) is 0 Å². The number of nitrogens with one attached hydrogen (secondary N) is 1. The third-order valence-corrected chi connectivity index (χ3v) is 2.84. The molecule has 0 spiro atoms. The molecule has 5 heteroatoms. The first-order chi connectivity index (χ1) is 10.1. The Kier molecular flexibility index (Phi) is 4.56. The largest absolute Gasteiger partial charge is 0.452 e. The van der Waals surface area contributed by atoms with Gasteiger partial charge in [0.25, 0.3) is 0 Å². The molecule has 5 nitrogen and oxygen atoms in total. The van der Waals surface area contributed by atoms with E-state index in [0.717, 1.165) is 10.5 Å². The first kappa shape index (κ1) is 14.6. The monoisotopic (exact) mass is 284 g/mol. The predicted octanol–water partition coefficient (Wildman–Crippen LogP) is 3.80. The normalized spacial score (nSPS) is 9.81. The smallest absolute Gasteiger partial charge is 0.422 e. The molecule has 0 bridgehead atoms. The van der Waals surface area contributed by atoms with Crippen molar-refractivity contribution in [2.75, 3.05) is 17.3 Å². The lowest BCUT2D eigenvalue weighted by Gasteiger charge is -2.20. The van der Waals surface area contributed by atoms with Crippen LogP contribution >= 0.6 is 0 Å². The maximum atomic E-state index is 12.3. The SMILES string of the molecule is COC(=O)N(C(=O)Nc1cccc(C)c1)c1ccccc1. The third-order valence-electron chi connectivity index (χ3n) is 2.84. The van der Waals surface area contributed by atoms with Gasteiger partial charge in [0.05, 0.1) is 12.8 Å². The first-order valence-corrected chi connectivity index (χ1v) is 6.42. The second-order valence-corrected chi connectivity index (χ2v) is 4.44. The molecule has 1 N–H and O–H groups in total. The molecule has 0 saturated heterocycles. The third kappa shape index (κ3) is 3.60. The van der Waals surface area contributed by atoms with Gasteiger partial charge in [0, 0.05) is 5.69 Å². The standard InChI is InChI=1S/C16H16N2O3/c1-12-7-6-8-13(11-12)17-15(19)18(16(20)21-2)14-9-4-3-5-10-14/h3-11H,1-2H3,(H,17,19). The van der Waals surface area contributed by atoms with Crippen molar-refractivity contribution in [3.8, 4) is 0 Å². The van der Waals surface area contributed by atoms with Crippen LogP contribution in [-0.2, 0) is 4.74 Å². The minimum absolute atomic E-state index is 0.439. The van der Waals surface area contributed by atoms with Crippen molar-refractivity contribution >= 4 is 23.5 Å². The molecule has 0 heterocycles. The molecule has 2 aromatic carbocycles. The second kappa shape index (κ2) is 6.56. The molecule has 2 rings (SSSR count). The van der Waals surface area contributed by atoms with Crippen LogP contribution in [0.25, 0.3) is 0 Å². The summed E-state index contributed by atoms with van der Waals surface area (Å²) in [7, 11) is 1.23. The number of hydrogen-bond donors (Lipinski definition) is 1. The topological polar surface area (TPSA) is 58.6 Å². The number of nitrogens with zero attached hydrogens (tertiary/aromatic N) is 1. The van der Waals surface area contributed by atoms with E-state index < -0.39 is 12.1 Å². The summed E-state index contributed by atoms with van der Waals surface area (Å²) in [4.78, 5) is 25.1. The van der Waals surface area contributed by atoms with Crippen molar-refractivity contribution in [1.82, 2.24) is 0 Å². The van der Waals surface area contributed by atoms with Gasteiger partial charge in [-0.05, 0) is 36.8 Å². The molecular weight excluding hydrogens is 268 g/mol. The minimum atomic E-state index is -0.744. The molecule has 0 aliphatic heterocycles. The number of ether oxygens (including phenoxy) is 1. The van der Waals surface area contributed by atoms with Crippen molar-refractivity contribution in [3.63, 3.8) is 0 Å². The van der Waals surface area contributed by atoms with E-state index in [1.807, 2.05) is 25.1 Å². The number of urea groups is 1. The molecule has 21 heavy (non-hydrogen) atoms. The molecule has 108 valence electrons. The zero-order chi connectivity index (χ0) is 15.2. The Morgan fingerprint density at radius 2 is 1.76 bits per heavy atom. The molecule has 0 unspecified atom stereocenters. The Balaban J connectivity index is 2.25. The number of benzene rings is 2. The van der Waals surface area contributed by atoms with E-state index in [4.69, 9.17) is 0 Å². The Morgan fingerprint density at radius 3 is 2.38 bits per heavy atom. The van der Waals surface area contributed by atoms with Crippen molar-refractivity contribution in [3.05, 3.63) is 60.2 Å². The van der Waals surface area contributed by atoms with Gasteiger partial charge in [-0.2, -0.15) is 4.90 Å². The van der Waals surface area contributed by atoms with E-state index in [0.29, 0.717) is 11.4 Å². The van der Waals surface area contributed by atoms with Gasteiger partial charge in [-0.1, -0.05) is 30.3 Å². The predicted molar refractivity (Wildman–Crippen MR) is 81.5 cm³/mol. The van der Waals surface area contributed by atoms with Gasteiger partial charge >= 0.3 is 12.1 Å². The van der Waals surface area contributed by atoms with Crippen molar-refractivity contribution < 1.29 is 14.3 Å². The van der Waals surface area contributed by atoms with Crippen molar-refractivity contribution in [1.29, 1.82) is 0 Å². The Bertz CT molecular complexity index is 641. The summed E-state index contributed by atoms with van der Waals surface area (Å²) < 4.78 is 4.68. The Labute approximate surface area is 123 Å². The van der Waals surface area contributed by atoms with Gasteiger partial charge in [-0.3, -0.25) is 0 Å². The zero-order valence-corrected chi connectivity index (χ0v) is 11.9. The fraction of sp³-hybridized carbons (Fsp3) is 0.125. The van der Waals surface area contributed by atoms with Crippen LogP contribution in [0.1, 0.15) is 5.56 Å². The zero-order valence-electron chi connectivity index (χ0n) is 11.9. The Morgan fingerprint density at radius 1 is 1.05 bits per heavy atom. The van der Waals surface area contributed by atoms with Gasteiger partial charge in [0.15, 0.2) is 0 Å². The Hall–Kier alpha value is -2.82. The molecule has 0 radical (unpaired) electrons. The summed E-state index contributed by atoms with van der Waals surface area (Å²) in [5.41, 5.74) is 2.07.